The molecule has 2 rings (SSSR count). The van der Waals surface area contributed by atoms with Crippen molar-refractivity contribution in [1.29, 1.82) is 0 Å². The number of nitrogens with one attached hydrogen (secondary N) is 1. The summed E-state index contributed by atoms with van der Waals surface area (Å²) in [5.41, 5.74) is 1.98. The zero-order chi connectivity index (χ0) is 14.9. The maximum atomic E-state index is 11.7. The van der Waals surface area contributed by atoms with Gasteiger partial charge in [0.25, 0.3) is 0 Å². The van der Waals surface area contributed by atoms with E-state index in [1.807, 2.05) is 36.4 Å². The summed E-state index contributed by atoms with van der Waals surface area (Å²) in [5.74, 6) is 0. The van der Waals surface area contributed by atoms with Crippen molar-refractivity contribution in [2.45, 2.75) is 25.3 Å². The van der Waals surface area contributed by atoms with E-state index in [2.05, 4.69) is 17.5 Å². The van der Waals surface area contributed by atoms with Crippen molar-refractivity contribution in [3.8, 4) is 0 Å². The molecular formula is C17H19NO3. The molecule has 0 bridgehead atoms. The van der Waals surface area contributed by atoms with Gasteiger partial charge in [0, 0.05) is 0 Å². The largest absolute Gasteiger partial charge is 0.445 e. The predicted molar refractivity (Wildman–Crippen MR) is 80.9 cm³/mol. The summed E-state index contributed by atoms with van der Waals surface area (Å²) in [6, 6.07) is 8.97. The number of hydrogen-bond donors (Lipinski definition) is 1. The number of allylic oxidation sites excluding steroid dienone is 2. The smallest absolute Gasteiger partial charge is 0.408 e. The first-order valence-corrected chi connectivity index (χ1v) is 7.06. The molecule has 21 heavy (non-hydrogen) atoms. The lowest BCUT2D eigenvalue weighted by Gasteiger charge is -2.14. The van der Waals surface area contributed by atoms with Crippen LogP contribution in [0.25, 0.3) is 0 Å². The van der Waals surface area contributed by atoms with Crippen LogP contribution in [-0.4, -0.2) is 25.0 Å². The van der Waals surface area contributed by atoms with E-state index >= 15 is 0 Å². The first-order chi connectivity index (χ1) is 10.3. The molecule has 1 aromatic carbocycles. The van der Waals surface area contributed by atoms with Crippen LogP contribution in [0.1, 0.15) is 18.4 Å². The number of aldehydes is 1. The summed E-state index contributed by atoms with van der Waals surface area (Å²) < 4.78 is 5.12. The van der Waals surface area contributed by atoms with Crippen LogP contribution < -0.4 is 5.32 Å². The molecule has 0 spiro atoms. The zero-order valence-corrected chi connectivity index (χ0v) is 11.8. The average Bonchev–Trinajstić information content (AvgIpc) is 2.54. The molecule has 1 atom stereocenters. The Morgan fingerprint density at radius 1 is 1.29 bits per heavy atom. The van der Waals surface area contributed by atoms with Crippen molar-refractivity contribution in [2.24, 2.45) is 0 Å². The van der Waals surface area contributed by atoms with Gasteiger partial charge >= 0.3 is 6.09 Å². The number of rotatable bonds is 6. The third-order valence-corrected chi connectivity index (χ3v) is 3.21. The summed E-state index contributed by atoms with van der Waals surface area (Å²) in [7, 11) is 0. The number of carbonyl (C=O) groups is 2. The van der Waals surface area contributed by atoms with E-state index in [1.54, 1.807) is 0 Å². The van der Waals surface area contributed by atoms with E-state index in [1.165, 1.54) is 0 Å². The van der Waals surface area contributed by atoms with Gasteiger partial charge in [-0.05, 0) is 30.4 Å². The number of benzene rings is 1. The van der Waals surface area contributed by atoms with Gasteiger partial charge in [-0.3, -0.25) is 0 Å². The van der Waals surface area contributed by atoms with Crippen molar-refractivity contribution in [2.75, 3.05) is 6.61 Å². The fourth-order valence-corrected chi connectivity index (χ4v) is 2.12. The molecule has 1 aliphatic rings. The minimum atomic E-state index is -0.573. The second-order valence-corrected chi connectivity index (χ2v) is 4.91. The number of hydrogen-bond acceptors (Lipinski definition) is 3. The van der Waals surface area contributed by atoms with Crippen molar-refractivity contribution in [3.63, 3.8) is 0 Å². The molecule has 0 saturated heterocycles. The molecule has 110 valence electrons. The highest BCUT2D eigenvalue weighted by Crippen LogP contribution is 2.09. The summed E-state index contributed by atoms with van der Waals surface area (Å²) in [6.45, 7) is 0.235. The Labute approximate surface area is 124 Å². The fraction of sp³-hybridized carbons (Fsp3) is 0.294. The van der Waals surface area contributed by atoms with Crippen molar-refractivity contribution < 1.29 is 14.3 Å². The first-order valence-electron chi connectivity index (χ1n) is 7.06. The molecule has 0 fully saturated rings. The van der Waals surface area contributed by atoms with Crippen molar-refractivity contribution in [1.82, 2.24) is 5.32 Å². The molecule has 4 nitrogen and oxygen atoms in total. The van der Waals surface area contributed by atoms with Crippen LogP contribution >= 0.6 is 0 Å². The molecule has 1 aromatic rings. The molecule has 1 N–H and O–H groups in total. The van der Waals surface area contributed by atoms with Crippen LogP contribution in [0, 0.1) is 0 Å². The van der Waals surface area contributed by atoms with Gasteiger partial charge in [-0.2, -0.15) is 0 Å². The molecule has 1 aliphatic carbocycles. The van der Waals surface area contributed by atoms with E-state index in [9.17, 15) is 9.59 Å². The second kappa shape index (κ2) is 8.04. The lowest BCUT2D eigenvalue weighted by molar-refractivity contribution is -0.109. The Kier molecular flexibility index (Phi) is 5.76. The molecule has 1 amide bonds. The quantitative estimate of drug-likeness (QED) is 0.818. The summed E-state index contributed by atoms with van der Waals surface area (Å²) in [5, 5.41) is 2.57. The van der Waals surface area contributed by atoms with Gasteiger partial charge in [0.2, 0.25) is 0 Å². The maximum absolute atomic E-state index is 11.7. The summed E-state index contributed by atoms with van der Waals surface area (Å²) in [4.78, 5) is 22.8. The van der Waals surface area contributed by atoms with Crippen molar-refractivity contribution in [3.05, 3.63) is 59.7 Å². The van der Waals surface area contributed by atoms with Gasteiger partial charge in [-0.25, -0.2) is 4.79 Å². The Morgan fingerprint density at radius 3 is 2.76 bits per heavy atom. The normalized spacial score (nSPS) is 15.0. The summed E-state index contributed by atoms with van der Waals surface area (Å²) >= 11 is 0. The molecule has 0 aromatic heterocycles. The van der Waals surface area contributed by atoms with Crippen LogP contribution in [0.2, 0.25) is 0 Å². The van der Waals surface area contributed by atoms with E-state index in [4.69, 9.17) is 4.74 Å². The molecule has 0 radical (unpaired) electrons. The van der Waals surface area contributed by atoms with Crippen LogP contribution in [0.4, 0.5) is 4.79 Å². The number of alkyl carbamates (subject to hydrolysis) is 1. The van der Waals surface area contributed by atoms with Gasteiger partial charge in [0.15, 0.2) is 0 Å². The Bertz CT molecular complexity index is 534. The second-order valence-electron chi connectivity index (χ2n) is 4.91. The maximum Gasteiger partial charge on any atom is 0.408 e. The highest BCUT2D eigenvalue weighted by atomic mass is 16.5. The van der Waals surface area contributed by atoms with Crippen LogP contribution in [-0.2, 0) is 16.0 Å². The van der Waals surface area contributed by atoms with Gasteiger partial charge < -0.3 is 14.8 Å². The van der Waals surface area contributed by atoms with Crippen molar-refractivity contribution >= 4 is 12.4 Å². The minimum Gasteiger partial charge on any atom is -0.445 e. The van der Waals surface area contributed by atoms with E-state index < -0.39 is 12.1 Å². The third kappa shape index (κ3) is 5.26. The number of ether oxygens (including phenoxy) is 1. The molecule has 0 heterocycles. The monoisotopic (exact) mass is 285 g/mol. The molecular weight excluding hydrogens is 266 g/mol. The van der Waals surface area contributed by atoms with E-state index in [0.717, 1.165) is 30.3 Å². The van der Waals surface area contributed by atoms with Crippen LogP contribution in [0.3, 0.4) is 0 Å². The Hall–Kier alpha value is -2.36. The third-order valence-electron chi connectivity index (χ3n) is 3.21. The SMILES string of the molecule is O=C[C@H](Cc1ccccc1)NC(=O)OCC1=CCCC=C1. The average molecular weight is 285 g/mol. The minimum absolute atomic E-state index is 0.235. The van der Waals surface area contributed by atoms with Gasteiger partial charge in [0.05, 0.1) is 6.04 Å². The zero-order valence-electron chi connectivity index (χ0n) is 11.8. The number of carbonyl (C=O) groups excluding carboxylic acids is 2. The molecule has 0 saturated carbocycles. The number of amides is 1. The predicted octanol–water partition coefficient (Wildman–Crippen LogP) is 2.80. The standard InChI is InChI=1S/C17H19NO3/c19-12-16(11-14-7-3-1-4-8-14)18-17(20)21-13-15-9-5-2-6-10-15/h1,3-5,7-10,12,16H,2,6,11,13H2,(H,18,20)/t16-/m0/s1. The Balaban J connectivity index is 1.78. The molecule has 4 heteroatoms. The van der Waals surface area contributed by atoms with E-state index in [-0.39, 0.29) is 6.61 Å². The summed E-state index contributed by atoms with van der Waals surface area (Å²) in [6.07, 6.45) is 8.69. The van der Waals surface area contributed by atoms with Gasteiger partial charge in [-0.15, -0.1) is 0 Å². The highest BCUT2D eigenvalue weighted by Gasteiger charge is 2.13. The van der Waals surface area contributed by atoms with Crippen LogP contribution in [0.15, 0.2) is 54.1 Å². The van der Waals surface area contributed by atoms with Gasteiger partial charge in [-0.1, -0.05) is 48.6 Å². The fourth-order valence-electron chi connectivity index (χ4n) is 2.12. The lowest BCUT2D eigenvalue weighted by atomic mass is 10.1. The van der Waals surface area contributed by atoms with Gasteiger partial charge in [0.1, 0.15) is 12.9 Å². The molecule has 0 aliphatic heterocycles. The highest BCUT2D eigenvalue weighted by molar-refractivity contribution is 5.73. The lowest BCUT2D eigenvalue weighted by Crippen LogP contribution is -2.38. The van der Waals surface area contributed by atoms with Crippen LogP contribution in [0.5, 0.6) is 0 Å². The topological polar surface area (TPSA) is 55.4 Å². The molecule has 0 unspecified atom stereocenters. The first kappa shape index (κ1) is 15.0. The van der Waals surface area contributed by atoms with E-state index in [0.29, 0.717) is 6.42 Å². The Morgan fingerprint density at radius 2 is 2.10 bits per heavy atom.